The molecule has 4 nitrogen and oxygen atoms in total. The van der Waals surface area contributed by atoms with E-state index in [0.29, 0.717) is 5.56 Å². The minimum absolute atomic E-state index is 0.0966. The first kappa shape index (κ1) is 13.5. The Hall–Kier alpha value is -1.98. The van der Waals surface area contributed by atoms with E-state index in [-0.39, 0.29) is 16.2 Å². The Bertz CT molecular complexity index is 736. The number of nitrogens with two attached hydrogens (primary N) is 1. The Labute approximate surface area is 111 Å². The Balaban J connectivity index is 2.61. The summed E-state index contributed by atoms with van der Waals surface area (Å²) in [6.07, 6.45) is 0. The molecule has 5 heteroatoms. The lowest BCUT2D eigenvalue weighted by molar-refractivity contribution is 0.103. The fourth-order valence-corrected chi connectivity index (χ4v) is 2.61. The number of carbonyl (C=O) groups excluding carboxylic acids is 1. The van der Waals surface area contributed by atoms with Crippen molar-refractivity contribution in [1.29, 1.82) is 0 Å². The molecule has 0 aromatic heterocycles. The maximum Gasteiger partial charge on any atom is 0.238 e. The SMILES string of the molecule is Cc1ccccc1C(=O)c1ccccc1S(N)(=O)=O. The average molecular weight is 275 g/mol. The summed E-state index contributed by atoms with van der Waals surface area (Å²) in [4.78, 5) is 12.3. The molecular formula is C14H13NO3S. The van der Waals surface area contributed by atoms with Crippen LogP contribution in [0.5, 0.6) is 0 Å². The minimum atomic E-state index is -3.92. The van der Waals surface area contributed by atoms with Crippen LogP contribution in [0.3, 0.4) is 0 Å². The van der Waals surface area contributed by atoms with Gasteiger partial charge in [0.1, 0.15) is 0 Å². The predicted octanol–water partition coefficient (Wildman–Crippen LogP) is 1.87. The molecule has 2 N–H and O–H groups in total. The summed E-state index contributed by atoms with van der Waals surface area (Å²) in [6, 6.07) is 13.0. The maximum atomic E-state index is 12.4. The summed E-state index contributed by atoms with van der Waals surface area (Å²) in [5.41, 5.74) is 1.36. The molecule has 0 fully saturated rings. The van der Waals surface area contributed by atoms with Crippen molar-refractivity contribution in [2.45, 2.75) is 11.8 Å². The van der Waals surface area contributed by atoms with Crippen LogP contribution >= 0.6 is 0 Å². The van der Waals surface area contributed by atoms with Gasteiger partial charge in [0, 0.05) is 11.1 Å². The predicted molar refractivity (Wildman–Crippen MR) is 72.4 cm³/mol. The number of primary sulfonamides is 1. The lowest BCUT2D eigenvalue weighted by Crippen LogP contribution is -2.17. The van der Waals surface area contributed by atoms with E-state index < -0.39 is 10.0 Å². The van der Waals surface area contributed by atoms with Crippen LogP contribution in [-0.2, 0) is 10.0 Å². The van der Waals surface area contributed by atoms with E-state index in [2.05, 4.69) is 0 Å². The van der Waals surface area contributed by atoms with Crippen molar-refractivity contribution in [3.8, 4) is 0 Å². The summed E-state index contributed by atoms with van der Waals surface area (Å²) in [6.45, 7) is 1.80. The molecule has 2 rings (SSSR count). The number of aryl methyl sites for hydroxylation is 1. The number of carbonyl (C=O) groups is 1. The Kier molecular flexibility index (Phi) is 3.50. The van der Waals surface area contributed by atoms with Crippen molar-refractivity contribution in [3.63, 3.8) is 0 Å². The lowest BCUT2D eigenvalue weighted by atomic mass is 9.99. The van der Waals surface area contributed by atoms with Crippen LogP contribution in [-0.4, -0.2) is 14.2 Å². The van der Waals surface area contributed by atoms with Crippen molar-refractivity contribution < 1.29 is 13.2 Å². The second-order valence-corrected chi connectivity index (χ2v) is 5.72. The average Bonchev–Trinajstić information content (AvgIpc) is 2.37. The van der Waals surface area contributed by atoms with Crippen molar-refractivity contribution in [3.05, 3.63) is 65.2 Å². The third-order valence-corrected chi connectivity index (χ3v) is 3.80. The molecule has 98 valence electrons. The highest BCUT2D eigenvalue weighted by atomic mass is 32.2. The van der Waals surface area contributed by atoms with Gasteiger partial charge in [0.25, 0.3) is 0 Å². The van der Waals surface area contributed by atoms with Gasteiger partial charge in [-0.15, -0.1) is 0 Å². The van der Waals surface area contributed by atoms with Gasteiger partial charge in [0.2, 0.25) is 10.0 Å². The summed E-state index contributed by atoms with van der Waals surface area (Å²) in [5, 5.41) is 5.13. The highest BCUT2D eigenvalue weighted by Crippen LogP contribution is 2.19. The van der Waals surface area contributed by atoms with Gasteiger partial charge in [-0.2, -0.15) is 0 Å². The molecule has 0 aliphatic rings. The Morgan fingerprint density at radius 2 is 1.47 bits per heavy atom. The smallest absolute Gasteiger partial charge is 0.238 e. The summed E-state index contributed by atoms with van der Waals surface area (Å²) < 4.78 is 23.0. The van der Waals surface area contributed by atoms with Crippen molar-refractivity contribution in [2.75, 3.05) is 0 Å². The lowest BCUT2D eigenvalue weighted by Gasteiger charge is -2.08. The standard InChI is InChI=1S/C14H13NO3S/c1-10-6-2-3-7-11(10)14(16)12-8-4-5-9-13(12)19(15,17)18/h2-9H,1H3,(H2,15,17,18). The number of sulfonamides is 1. The van der Waals surface area contributed by atoms with E-state index in [1.54, 1.807) is 31.2 Å². The van der Waals surface area contributed by atoms with E-state index >= 15 is 0 Å². The van der Waals surface area contributed by atoms with Gasteiger partial charge in [-0.25, -0.2) is 13.6 Å². The van der Waals surface area contributed by atoms with Crippen LogP contribution in [0.15, 0.2) is 53.4 Å². The van der Waals surface area contributed by atoms with Crippen LogP contribution < -0.4 is 5.14 Å². The Morgan fingerprint density at radius 1 is 0.947 bits per heavy atom. The number of rotatable bonds is 3. The van der Waals surface area contributed by atoms with E-state index in [4.69, 9.17) is 5.14 Å². The van der Waals surface area contributed by atoms with E-state index in [1.165, 1.54) is 18.2 Å². The third-order valence-electron chi connectivity index (χ3n) is 2.83. The topological polar surface area (TPSA) is 77.2 Å². The summed E-state index contributed by atoms with van der Waals surface area (Å²) >= 11 is 0. The Morgan fingerprint density at radius 3 is 2.05 bits per heavy atom. The first-order valence-electron chi connectivity index (χ1n) is 5.63. The summed E-state index contributed by atoms with van der Waals surface area (Å²) in [7, 11) is -3.92. The molecule has 0 bridgehead atoms. The first-order chi connectivity index (χ1) is 8.91. The highest BCUT2D eigenvalue weighted by Gasteiger charge is 2.20. The minimum Gasteiger partial charge on any atom is -0.289 e. The van der Waals surface area contributed by atoms with Gasteiger partial charge in [-0.05, 0) is 24.6 Å². The van der Waals surface area contributed by atoms with Crippen LogP contribution in [0.1, 0.15) is 21.5 Å². The molecule has 0 spiro atoms. The van der Waals surface area contributed by atoms with Crippen molar-refractivity contribution >= 4 is 15.8 Å². The molecule has 0 amide bonds. The van der Waals surface area contributed by atoms with E-state index in [1.807, 2.05) is 6.07 Å². The number of ketones is 1. The number of hydrogen-bond acceptors (Lipinski definition) is 3. The second-order valence-electron chi connectivity index (χ2n) is 4.19. The van der Waals surface area contributed by atoms with Crippen LogP contribution in [0.2, 0.25) is 0 Å². The van der Waals surface area contributed by atoms with E-state index in [0.717, 1.165) is 5.56 Å². The largest absolute Gasteiger partial charge is 0.289 e. The molecule has 0 saturated carbocycles. The van der Waals surface area contributed by atoms with E-state index in [9.17, 15) is 13.2 Å². The number of benzene rings is 2. The van der Waals surface area contributed by atoms with Crippen LogP contribution in [0.25, 0.3) is 0 Å². The second kappa shape index (κ2) is 4.95. The normalized spacial score (nSPS) is 11.3. The number of hydrogen-bond donors (Lipinski definition) is 1. The van der Waals surface area contributed by atoms with Crippen LogP contribution in [0.4, 0.5) is 0 Å². The summed E-state index contributed by atoms with van der Waals surface area (Å²) in [5.74, 6) is -0.345. The van der Waals surface area contributed by atoms with Gasteiger partial charge in [-0.1, -0.05) is 36.4 Å². The molecule has 0 atom stereocenters. The third kappa shape index (κ3) is 2.72. The fraction of sp³-hybridized carbons (Fsp3) is 0.0714. The molecule has 0 aliphatic carbocycles. The van der Waals surface area contributed by atoms with Gasteiger partial charge in [0.05, 0.1) is 4.90 Å². The van der Waals surface area contributed by atoms with Gasteiger partial charge in [0.15, 0.2) is 5.78 Å². The van der Waals surface area contributed by atoms with Gasteiger partial charge >= 0.3 is 0 Å². The molecule has 0 heterocycles. The molecule has 2 aromatic rings. The van der Waals surface area contributed by atoms with Gasteiger partial charge < -0.3 is 0 Å². The zero-order chi connectivity index (χ0) is 14.0. The highest BCUT2D eigenvalue weighted by molar-refractivity contribution is 7.89. The molecule has 0 radical (unpaired) electrons. The molecule has 19 heavy (non-hydrogen) atoms. The van der Waals surface area contributed by atoms with Crippen molar-refractivity contribution in [1.82, 2.24) is 0 Å². The molecular weight excluding hydrogens is 262 g/mol. The monoisotopic (exact) mass is 275 g/mol. The zero-order valence-corrected chi connectivity index (χ0v) is 11.1. The molecule has 0 saturated heterocycles. The maximum absolute atomic E-state index is 12.4. The molecule has 0 aliphatic heterocycles. The molecule has 0 unspecified atom stereocenters. The fourth-order valence-electron chi connectivity index (χ4n) is 1.88. The van der Waals surface area contributed by atoms with Crippen molar-refractivity contribution in [2.24, 2.45) is 5.14 Å². The zero-order valence-electron chi connectivity index (χ0n) is 10.3. The van der Waals surface area contributed by atoms with Gasteiger partial charge in [-0.3, -0.25) is 4.79 Å². The van der Waals surface area contributed by atoms with Crippen LogP contribution in [0, 0.1) is 6.92 Å². The quantitative estimate of drug-likeness (QED) is 0.869. The first-order valence-corrected chi connectivity index (χ1v) is 7.18. The molecule has 2 aromatic carbocycles.